The lowest BCUT2D eigenvalue weighted by molar-refractivity contribution is -0.142. The Kier molecular flexibility index (Phi) is 8.66. The fourth-order valence-electron chi connectivity index (χ4n) is 3.46. The Labute approximate surface area is 202 Å². The van der Waals surface area contributed by atoms with Crippen molar-refractivity contribution in [1.82, 2.24) is 14.0 Å². The van der Waals surface area contributed by atoms with E-state index >= 15 is 0 Å². The van der Waals surface area contributed by atoms with E-state index in [0.29, 0.717) is 24.3 Å². The Morgan fingerprint density at radius 1 is 1.09 bits per heavy atom. The van der Waals surface area contributed by atoms with Crippen molar-refractivity contribution < 1.29 is 22.7 Å². The highest BCUT2D eigenvalue weighted by Crippen LogP contribution is 2.24. The highest BCUT2D eigenvalue weighted by atomic mass is 35.5. The molecule has 1 fully saturated rings. The molecule has 1 aliphatic heterocycles. The molecular weight excluding hydrogens is 491 g/mol. The van der Waals surface area contributed by atoms with Crippen LogP contribution in [-0.4, -0.2) is 55.8 Å². The van der Waals surface area contributed by atoms with E-state index in [0.717, 1.165) is 19.3 Å². The Bertz CT molecular complexity index is 1090. The minimum atomic E-state index is -3.83. The summed E-state index contributed by atoms with van der Waals surface area (Å²) in [5.41, 5.74) is 1.25. The maximum atomic E-state index is 12.7. The van der Waals surface area contributed by atoms with Crippen LogP contribution in [0.25, 0.3) is 0 Å². The van der Waals surface area contributed by atoms with Crippen LogP contribution in [0.3, 0.4) is 0 Å². The van der Waals surface area contributed by atoms with Gasteiger partial charge in [-0.15, -0.1) is 0 Å². The van der Waals surface area contributed by atoms with Gasteiger partial charge in [0.25, 0.3) is 16.1 Å². The molecule has 178 valence electrons. The van der Waals surface area contributed by atoms with Crippen molar-refractivity contribution >= 4 is 51.0 Å². The highest BCUT2D eigenvalue weighted by Gasteiger charge is 2.30. The number of halogens is 2. The monoisotopic (exact) mass is 514 g/mol. The lowest BCUT2D eigenvalue weighted by Gasteiger charge is -2.28. The topological polar surface area (TPSA) is 118 Å². The second kappa shape index (κ2) is 11.3. The summed E-state index contributed by atoms with van der Waals surface area (Å²) in [6.07, 6.45) is 5.28. The Morgan fingerprint density at radius 2 is 1.70 bits per heavy atom. The number of benzene rings is 1. The molecule has 1 saturated heterocycles. The summed E-state index contributed by atoms with van der Waals surface area (Å²) >= 11 is 12.0. The van der Waals surface area contributed by atoms with E-state index in [1.807, 2.05) is 0 Å². The number of nitrogens with zero attached hydrogens (tertiary/aromatic N) is 2. The van der Waals surface area contributed by atoms with Gasteiger partial charge in [-0.1, -0.05) is 41.8 Å². The van der Waals surface area contributed by atoms with Crippen LogP contribution in [0.1, 0.15) is 35.2 Å². The first kappa shape index (κ1) is 25.4. The molecule has 3 rings (SSSR count). The van der Waals surface area contributed by atoms with Gasteiger partial charge in [0, 0.05) is 31.2 Å². The van der Waals surface area contributed by atoms with Gasteiger partial charge in [0.05, 0.1) is 22.7 Å². The first-order valence-corrected chi connectivity index (χ1v) is 12.5. The number of pyridine rings is 1. The zero-order valence-corrected chi connectivity index (χ0v) is 20.2. The van der Waals surface area contributed by atoms with Gasteiger partial charge in [0.1, 0.15) is 6.04 Å². The molecule has 1 aromatic heterocycles. The number of amides is 1. The molecular formula is C21H24Cl2N4O5S. The van der Waals surface area contributed by atoms with Gasteiger partial charge in [-0.2, -0.15) is 17.4 Å². The zero-order chi connectivity index (χ0) is 24.0. The third-order valence-electron chi connectivity index (χ3n) is 5.16. The zero-order valence-electron chi connectivity index (χ0n) is 17.9. The van der Waals surface area contributed by atoms with Crippen LogP contribution >= 0.6 is 23.2 Å². The van der Waals surface area contributed by atoms with E-state index in [1.165, 1.54) is 23.8 Å². The molecule has 2 N–H and O–H groups in total. The van der Waals surface area contributed by atoms with Gasteiger partial charge in [-0.25, -0.2) is 0 Å². The summed E-state index contributed by atoms with van der Waals surface area (Å²) in [6, 6.07) is 5.53. The molecule has 0 bridgehead atoms. The number of hydrogen-bond donors (Lipinski definition) is 2. The average molecular weight is 515 g/mol. The van der Waals surface area contributed by atoms with Crippen molar-refractivity contribution in [3.63, 3.8) is 0 Å². The average Bonchev–Trinajstić information content (AvgIpc) is 2.79. The van der Waals surface area contributed by atoms with Crippen LogP contribution in [0.4, 0.5) is 5.69 Å². The summed E-state index contributed by atoms with van der Waals surface area (Å²) in [5, 5.41) is 2.94. The number of methoxy groups -OCH3 is 1. The second-order valence-electron chi connectivity index (χ2n) is 7.49. The fourth-order valence-corrected chi connectivity index (χ4v) is 5.42. The van der Waals surface area contributed by atoms with Gasteiger partial charge in [-0.05, 0) is 37.0 Å². The van der Waals surface area contributed by atoms with E-state index in [9.17, 15) is 18.0 Å². The van der Waals surface area contributed by atoms with Crippen LogP contribution in [0, 0.1) is 0 Å². The van der Waals surface area contributed by atoms with Gasteiger partial charge in [-0.3, -0.25) is 14.6 Å². The molecule has 1 aromatic carbocycles. The van der Waals surface area contributed by atoms with E-state index in [-0.39, 0.29) is 22.0 Å². The normalized spacial score (nSPS) is 15.6. The number of piperidine rings is 1. The minimum absolute atomic E-state index is 0.0793. The Morgan fingerprint density at radius 3 is 2.27 bits per heavy atom. The lowest BCUT2D eigenvalue weighted by atomic mass is 10.1. The van der Waals surface area contributed by atoms with Crippen LogP contribution in [0.2, 0.25) is 10.0 Å². The van der Waals surface area contributed by atoms with Crippen molar-refractivity contribution in [2.75, 3.05) is 25.5 Å². The number of aromatic nitrogens is 1. The first-order chi connectivity index (χ1) is 15.7. The van der Waals surface area contributed by atoms with Crippen LogP contribution in [0.5, 0.6) is 0 Å². The van der Waals surface area contributed by atoms with Crippen molar-refractivity contribution in [1.29, 1.82) is 0 Å². The molecule has 1 aliphatic rings. The molecule has 12 heteroatoms. The standard InChI is InChI=1S/C21H24Cl2N4O5S/c1-32-21(29)18(26-33(30,31)27-9-3-2-4-10-27)11-14-5-7-15(8-6-14)25-20(28)19-16(22)12-24-13-17(19)23/h5-8,12-13,18,26H,2-4,9-11H2,1H3,(H,25,28)/t18-/m0/s1. The predicted octanol–water partition coefficient (Wildman–Crippen LogP) is 3.05. The summed E-state index contributed by atoms with van der Waals surface area (Å²) in [7, 11) is -2.62. The summed E-state index contributed by atoms with van der Waals surface area (Å²) in [6.45, 7) is 0.840. The third kappa shape index (κ3) is 6.64. The van der Waals surface area contributed by atoms with Crippen molar-refractivity contribution in [3.8, 4) is 0 Å². The lowest BCUT2D eigenvalue weighted by Crippen LogP contribution is -2.50. The number of carbonyl (C=O) groups is 2. The molecule has 1 atom stereocenters. The molecule has 0 spiro atoms. The smallest absolute Gasteiger partial charge is 0.324 e. The molecule has 0 saturated carbocycles. The molecule has 2 heterocycles. The summed E-state index contributed by atoms with van der Waals surface area (Å²) < 4.78 is 34.0. The van der Waals surface area contributed by atoms with E-state index in [4.69, 9.17) is 27.9 Å². The highest BCUT2D eigenvalue weighted by molar-refractivity contribution is 7.87. The number of anilines is 1. The largest absolute Gasteiger partial charge is 0.468 e. The van der Waals surface area contributed by atoms with Gasteiger partial charge >= 0.3 is 5.97 Å². The van der Waals surface area contributed by atoms with Crippen molar-refractivity contribution in [2.24, 2.45) is 0 Å². The Hall–Kier alpha value is -2.24. The number of ether oxygens (including phenoxy) is 1. The van der Waals surface area contributed by atoms with E-state index < -0.39 is 28.1 Å². The predicted molar refractivity (Wildman–Crippen MR) is 126 cm³/mol. The fraction of sp³-hybridized carbons (Fsp3) is 0.381. The molecule has 2 aromatic rings. The molecule has 33 heavy (non-hydrogen) atoms. The van der Waals surface area contributed by atoms with Crippen molar-refractivity contribution in [2.45, 2.75) is 31.7 Å². The summed E-state index contributed by atoms with van der Waals surface area (Å²) in [4.78, 5) is 28.6. The molecule has 0 radical (unpaired) electrons. The molecule has 0 unspecified atom stereocenters. The molecule has 1 amide bonds. The van der Waals surface area contributed by atoms with Gasteiger partial charge in [0.2, 0.25) is 0 Å². The van der Waals surface area contributed by atoms with Crippen molar-refractivity contribution in [3.05, 3.63) is 57.8 Å². The Balaban J connectivity index is 1.69. The van der Waals surface area contributed by atoms with Crippen LogP contribution < -0.4 is 10.0 Å². The molecule has 0 aliphatic carbocycles. The van der Waals surface area contributed by atoms with Gasteiger partial charge < -0.3 is 10.1 Å². The maximum Gasteiger partial charge on any atom is 0.324 e. The van der Waals surface area contributed by atoms with Crippen LogP contribution in [-0.2, 0) is 26.2 Å². The number of nitrogens with one attached hydrogen (secondary N) is 2. The SMILES string of the molecule is COC(=O)[C@H](Cc1ccc(NC(=O)c2c(Cl)cncc2Cl)cc1)NS(=O)(=O)N1CCCCC1. The van der Waals surface area contributed by atoms with E-state index in [1.54, 1.807) is 24.3 Å². The maximum absolute atomic E-state index is 12.7. The number of carbonyl (C=O) groups excluding carboxylic acids is 2. The quantitative estimate of drug-likeness (QED) is 0.522. The second-order valence-corrected chi connectivity index (χ2v) is 10.0. The first-order valence-electron chi connectivity index (χ1n) is 10.3. The minimum Gasteiger partial charge on any atom is -0.468 e. The van der Waals surface area contributed by atoms with E-state index in [2.05, 4.69) is 15.0 Å². The van der Waals surface area contributed by atoms with Crippen LogP contribution in [0.15, 0.2) is 36.7 Å². The number of rotatable bonds is 8. The molecule has 9 nitrogen and oxygen atoms in total. The summed E-state index contributed by atoms with van der Waals surface area (Å²) in [5.74, 6) is -1.18. The number of hydrogen-bond acceptors (Lipinski definition) is 6. The third-order valence-corrected chi connectivity index (χ3v) is 7.36. The van der Waals surface area contributed by atoms with Gasteiger partial charge in [0.15, 0.2) is 0 Å². The number of esters is 1.